The van der Waals surface area contributed by atoms with Crippen LogP contribution in [0, 0.1) is 36.5 Å². The second-order valence-corrected chi connectivity index (χ2v) is 18.2. The average Bonchev–Trinajstić information content (AvgIpc) is 3.28. The van der Waals surface area contributed by atoms with E-state index in [-0.39, 0.29) is 69.1 Å². The first kappa shape index (κ1) is 50.8. The molecule has 5 amide bonds. The molecule has 2 heterocycles. The SMILES string of the molecule is Cc1nc(C2CCC(C(C)(C)C)CC2)nc(C)c1C(=O)N[C@@H](CCN)C(=O)N(C)[C@@H]1C(=O)N[C@@H](C)C(=O)N[C@H](C(=O)NCC#N)Cc2ccc(OCCN)c(c2)-c2cc1ccc2OCCN. The lowest BCUT2D eigenvalue weighted by Crippen LogP contribution is -2.56. The van der Waals surface area contributed by atoms with E-state index in [0.717, 1.165) is 25.7 Å². The molecule has 0 unspecified atom stereocenters. The number of fused-ring (bicyclic) bond motifs is 5. The number of hydrogen-bond acceptors (Lipinski definition) is 13. The van der Waals surface area contributed by atoms with E-state index in [1.165, 1.54) is 18.9 Å². The number of hydrogen-bond donors (Lipinski definition) is 7. The topological polar surface area (TPSA) is 283 Å². The van der Waals surface area contributed by atoms with Crippen LogP contribution < -0.4 is 47.9 Å². The summed E-state index contributed by atoms with van der Waals surface area (Å²) in [5, 5.41) is 20.0. The Labute approximate surface area is 387 Å². The molecule has 0 radical (unpaired) electrons. The zero-order valence-corrected chi connectivity index (χ0v) is 39.3. The van der Waals surface area contributed by atoms with Crippen molar-refractivity contribution in [1.82, 2.24) is 36.1 Å². The number of nitrogens with zero attached hydrogens (tertiary/aromatic N) is 4. The smallest absolute Gasteiger partial charge is 0.255 e. The molecule has 0 saturated heterocycles. The van der Waals surface area contributed by atoms with Crippen LogP contribution in [0.5, 0.6) is 11.5 Å². The Morgan fingerprint density at radius 3 is 2.08 bits per heavy atom. The predicted octanol–water partition coefficient (Wildman–Crippen LogP) is 2.59. The first-order valence-electron chi connectivity index (χ1n) is 22.7. The van der Waals surface area contributed by atoms with Gasteiger partial charge in [-0.1, -0.05) is 32.9 Å². The molecule has 1 aliphatic carbocycles. The van der Waals surface area contributed by atoms with Crippen LogP contribution in [0.3, 0.4) is 0 Å². The molecule has 3 aromatic rings. The second-order valence-electron chi connectivity index (χ2n) is 18.2. The third-order valence-electron chi connectivity index (χ3n) is 12.4. The van der Waals surface area contributed by atoms with E-state index in [9.17, 15) is 29.2 Å². The van der Waals surface area contributed by atoms with E-state index in [2.05, 4.69) is 42.0 Å². The Morgan fingerprint density at radius 1 is 0.894 bits per heavy atom. The largest absolute Gasteiger partial charge is 0.492 e. The van der Waals surface area contributed by atoms with Crippen molar-refractivity contribution in [3.63, 3.8) is 0 Å². The number of amides is 5. The molecule has 4 bridgehead atoms. The quantitative estimate of drug-likeness (QED) is 0.108. The van der Waals surface area contributed by atoms with Crippen LogP contribution in [0.2, 0.25) is 0 Å². The van der Waals surface area contributed by atoms with Crippen molar-refractivity contribution in [2.45, 2.75) is 110 Å². The van der Waals surface area contributed by atoms with Gasteiger partial charge in [-0.3, -0.25) is 24.0 Å². The minimum absolute atomic E-state index is 0.00845. The monoisotopic (exact) mass is 910 g/mol. The summed E-state index contributed by atoms with van der Waals surface area (Å²) in [7, 11) is 1.43. The molecule has 1 fully saturated rings. The average molecular weight is 910 g/mol. The first-order valence-corrected chi connectivity index (χ1v) is 22.7. The van der Waals surface area contributed by atoms with Gasteiger partial charge in [-0.15, -0.1) is 0 Å². The van der Waals surface area contributed by atoms with Crippen LogP contribution in [-0.2, 0) is 25.6 Å². The molecule has 1 aliphatic heterocycles. The first-order chi connectivity index (χ1) is 31.4. The van der Waals surface area contributed by atoms with Gasteiger partial charge >= 0.3 is 0 Å². The molecule has 1 saturated carbocycles. The van der Waals surface area contributed by atoms with E-state index in [1.807, 2.05) is 6.07 Å². The molecule has 66 heavy (non-hydrogen) atoms. The Kier molecular flexibility index (Phi) is 17.6. The zero-order chi connectivity index (χ0) is 48.3. The number of nitrogens with one attached hydrogen (secondary N) is 4. The normalized spacial score (nSPS) is 20.3. The van der Waals surface area contributed by atoms with Gasteiger partial charge in [-0.05, 0) is 106 Å². The molecule has 10 N–H and O–H groups in total. The summed E-state index contributed by atoms with van der Waals surface area (Å²) in [6, 6.07) is 7.16. The van der Waals surface area contributed by atoms with Crippen molar-refractivity contribution < 1.29 is 33.4 Å². The van der Waals surface area contributed by atoms with Gasteiger partial charge in [0.2, 0.25) is 23.6 Å². The van der Waals surface area contributed by atoms with Crippen molar-refractivity contribution in [1.29, 1.82) is 5.26 Å². The van der Waals surface area contributed by atoms with Gasteiger partial charge in [-0.2, -0.15) is 5.26 Å². The number of carbonyl (C=O) groups excluding carboxylic acids is 5. The minimum Gasteiger partial charge on any atom is -0.492 e. The number of aryl methyl sites for hydroxylation is 2. The lowest BCUT2D eigenvalue weighted by Gasteiger charge is -2.36. The number of benzene rings is 2. The van der Waals surface area contributed by atoms with Crippen LogP contribution in [-0.4, -0.2) is 109 Å². The van der Waals surface area contributed by atoms with Crippen LogP contribution in [0.15, 0.2) is 36.4 Å². The summed E-state index contributed by atoms with van der Waals surface area (Å²) in [4.78, 5) is 81.4. The molecule has 4 atom stereocenters. The van der Waals surface area contributed by atoms with Crippen molar-refractivity contribution >= 4 is 29.5 Å². The maximum atomic E-state index is 14.7. The summed E-state index contributed by atoms with van der Waals surface area (Å²) in [6.45, 7) is 12.2. The van der Waals surface area contributed by atoms with Crippen molar-refractivity contribution in [3.05, 3.63) is 70.3 Å². The lowest BCUT2D eigenvalue weighted by atomic mass is 9.69. The van der Waals surface area contributed by atoms with Crippen LogP contribution >= 0.6 is 0 Å². The fourth-order valence-corrected chi connectivity index (χ4v) is 8.83. The van der Waals surface area contributed by atoms with E-state index >= 15 is 0 Å². The fourth-order valence-electron chi connectivity index (χ4n) is 8.83. The molecular formula is C48H67N11O7. The highest BCUT2D eigenvalue weighted by Crippen LogP contribution is 2.43. The summed E-state index contributed by atoms with van der Waals surface area (Å²) >= 11 is 0. The highest BCUT2D eigenvalue weighted by atomic mass is 16.5. The second kappa shape index (κ2) is 22.8. The number of nitrogens with two attached hydrogens (primary N) is 3. The van der Waals surface area contributed by atoms with E-state index in [1.54, 1.807) is 50.2 Å². The molecule has 18 heteroatoms. The van der Waals surface area contributed by atoms with Gasteiger partial charge in [0.05, 0.1) is 23.0 Å². The third-order valence-corrected chi connectivity index (χ3v) is 12.4. The number of carbonyl (C=O) groups is 5. The van der Waals surface area contributed by atoms with Gasteiger partial charge in [0.25, 0.3) is 5.91 Å². The van der Waals surface area contributed by atoms with Crippen molar-refractivity contribution in [2.75, 3.05) is 46.4 Å². The van der Waals surface area contributed by atoms with E-state index in [0.29, 0.717) is 56.9 Å². The Balaban J connectivity index is 1.54. The van der Waals surface area contributed by atoms with Crippen molar-refractivity contribution in [3.8, 4) is 28.7 Å². The highest BCUT2D eigenvalue weighted by molar-refractivity contribution is 6.00. The summed E-state index contributed by atoms with van der Waals surface area (Å²) in [5.74, 6) is -0.935. The van der Waals surface area contributed by atoms with Gasteiger partial charge in [0.1, 0.15) is 61.2 Å². The van der Waals surface area contributed by atoms with Crippen molar-refractivity contribution in [2.24, 2.45) is 28.5 Å². The fraction of sp³-hybridized carbons (Fsp3) is 0.542. The third kappa shape index (κ3) is 12.4. The molecule has 2 aliphatic rings. The lowest BCUT2D eigenvalue weighted by molar-refractivity contribution is -0.141. The molecule has 2 aromatic carbocycles. The molecule has 0 spiro atoms. The maximum Gasteiger partial charge on any atom is 0.255 e. The molecule has 1 aromatic heterocycles. The number of likely N-dealkylation sites (N-methyl/N-ethyl adjacent to an activating group) is 1. The summed E-state index contributed by atoms with van der Waals surface area (Å²) in [5.41, 5.74) is 21.1. The van der Waals surface area contributed by atoms with Gasteiger partial charge < -0.3 is 52.8 Å². The van der Waals surface area contributed by atoms with Gasteiger partial charge in [0, 0.05) is 43.6 Å². The number of rotatable bonds is 15. The Bertz CT molecular complexity index is 2260. The number of ether oxygens (including phenoxy) is 2. The Hall–Kier alpha value is -6.16. The minimum atomic E-state index is -1.39. The number of nitriles is 1. The van der Waals surface area contributed by atoms with Gasteiger partial charge in [0.15, 0.2) is 0 Å². The van der Waals surface area contributed by atoms with Crippen LogP contribution in [0.4, 0.5) is 0 Å². The zero-order valence-electron chi connectivity index (χ0n) is 39.3. The maximum absolute atomic E-state index is 14.7. The van der Waals surface area contributed by atoms with Crippen LogP contribution in [0.25, 0.3) is 11.1 Å². The molecule has 18 nitrogen and oxygen atoms in total. The Morgan fingerprint density at radius 2 is 1.50 bits per heavy atom. The highest BCUT2D eigenvalue weighted by Gasteiger charge is 2.37. The summed E-state index contributed by atoms with van der Waals surface area (Å²) in [6.07, 6.45) is 4.12. The standard InChI is InChI=1S/C48H67N11O7/c1-27-40(28(2)55-42(54-27)31-9-12-33(13-10-31)48(4,5)6)45(62)57-36(16-17-49)47(64)59(7)41-32-11-15-39(66-23-20-52)35(26-32)34-24-30(8-14-38(34)65-22-19-51)25-37(44(61)53-21-18-50)58-43(60)29(3)56-46(41)63/h8,11,14-15,24,26,29,31,33,36-37,41H,9-10,12-13,16-17,19-23,25,49,51-52H2,1-7H3,(H,53,61)(H,56,63)(H,57,62)(H,58,60)/t29-,31?,33?,36-,37-,41-/m0/s1. The van der Waals surface area contributed by atoms with Gasteiger partial charge in [-0.25, -0.2) is 9.97 Å². The van der Waals surface area contributed by atoms with E-state index in [4.69, 9.17) is 36.6 Å². The molecule has 356 valence electrons. The molecular weight excluding hydrogens is 843 g/mol. The summed E-state index contributed by atoms with van der Waals surface area (Å²) < 4.78 is 12.2. The predicted molar refractivity (Wildman–Crippen MR) is 249 cm³/mol. The molecule has 5 rings (SSSR count). The number of aromatic nitrogens is 2. The van der Waals surface area contributed by atoms with E-state index < -0.39 is 53.7 Å². The van der Waals surface area contributed by atoms with Crippen LogP contribution in [0.1, 0.15) is 110 Å².